The molecule has 0 rings (SSSR count). The maximum absolute atomic E-state index is 13.9. The molecule has 0 spiro atoms. The molecule has 0 bridgehead atoms. The molecule has 0 radical (unpaired) electrons. The summed E-state index contributed by atoms with van der Waals surface area (Å²) in [5.41, 5.74) is -4.31. The fraction of sp³-hybridized carbons (Fsp3) is 0.846. The summed E-state index contributed by atoms with van der Waals surface area (Å²) in [6.07, 6.45) is 10.4. The van der Waals surface area contributed by atoms with Crippen molar-refractivity contribution in [3.63, 3.8) is 0 Å². The first kappa shape index (κ1) is 32.0. The Morgan fingerprint density at radius 3 is 1.29 bits per heavy atom. The second-order valence-electron chi connectivity index (χ2n) is 9.65. The topological polar surface area (TPSA) is 149 Å². The lowest BCUT2D eigenvalue weighted by Gasteiger charge is -2.38. The van der Waals surface area contributed by atoms with Crippen LogP contribution in [0.25, 0.3) is 0 Å². The van der Waals surface area contributed by atoms with Crippen LogP contribution in [0.4, 0.5) is 0 Å². The maximum Gasteiger partial charge on any atom is 0.337 e. The van der Waals surface area contributed by atoms with Crippen molar-refractivity contribution in [2.45, 2.75) is 129 Å². The molecule has 4 N–H and O–H groups in total. The van der Waals surface area contributed by atoms with E-state index in [1.165, 1.54) is 0 Å². The zero-order chi connectivity index (χ0) is 26.2. The molecule has 0 heterocycles. The number of hydrogen-bond donors (Lipinski definition) is 4. The van der Waals surface area contributed by atoms with Crippen LogP contribution < -0.4 is 0 Å². The Morgan fingerprint density at radius 2 is 1.03 bits per heavy atom. The van der Waals surface area contributed by atoms with Gasteiger partial charge in [-0.3, -0.25) is 14.4 Å². The Balaban J connectivity index is 6.35. The zero-order valence-electron chi connectivity index (χ0n) is 21.3. The van der Waals surface area contributed by atoms with E-state index in [1.807, 2.05) is 0 Å². The van der Waals surface area contributed by atoms with E-state index in [4.69, 9.17) is 0 Å². The first-order valence-corrected chi connectivity index (χ1v) is 13.0. The van der Waals surface area contributed by atoms with Crippen molar-refractivity contribution in [1.29, 1.82) is 0 Å². The van der Waals surface area contributed by atoms with E-state index in [-0.39, 0.29) is 0 Å². The number of hydrogen-bond acceptors (Lipinski definition) is 5. The highest BCUT2D eigenvalue weighted by atomic mass is 16.4. The molecule has 34 heavy (non-hydrogen) atoms. The van der Waals surface area contributed by atoms with Crippen molar-refractivity contribution < 1.29 is 39.6 Å². The number of aliphatic carboxylic acids is 3. The predicted octanol–water partition coefficient (Wildman–Crippen LogP) is 5.44. The normalized spacial score (nSPS) is 14.4. The third-order valence-electron chi connectivity index (χ3n) is 6.83. The molecule has 8 nitrogen and oxygen atoms in total. The molecule has 0 aromatic heterocycles. The lowest BCUT2D eigenvalue weighted by Crippen LogP contribution is -2.57. The van der Waals surface area contributed by atoms with Crippen LogP contribution in [0.5, 0.6) is 0 Å². The van der Waals surface area contributed by atoms with E-state index >= 15 is 0 Å². The largest absolute Gasteiger partial charge is 0.481 e. The molecular formula is C26H46O8. The van der Waals surface area contributed by atoms with E-state index < -0.39 is 47.0 Å². The highest BCUT2D eigenvalue weighted by molar-refractivity contribution is 6.07. The molecule has 0 aliphatic carbocycles. The number of carbonyl (C=O) groups excluding carboxylic acids is 1. The van der Waals surface area contributed by atoms with E-state index in [2.05, 4.69) is 20.8 Å². The SMILES string of the molecule is CCCCCCC(CCCCCC)(CCCCCC)C(=O)C(C(=O)O)C(O)(CC(=O)O)C(=O)O. The zero-order valence-corrected chi connectivity index (χ0v) is 21.3. The summed E-state index contributed by atoms with van der Waals surface area (Å²) in [5.74, 6) is -8.66. The molecule has 0 aromatic rings. The Hall–Kier alpha value is -1.96. The highest BCUT2D eigenvalue weighted by Crippen LogP contribution is 2.43. The fourth-order valence-electron chi connectivity index (χ4n) is 4.79. The summed E-state index contributed by atoms with van der Waals surface area (Å²) in [7, 11) is 0. The van der Waals surface area contributed by atoms with Gasteiger partial charge in [0.05, 0.1) is 6.42 Å². The van der Waals surface area contributed by atoms with Crippen LogP contribution in [-0.2, 0) is 19.2 Å². The summed E-state index contributed by atoms with van der Waals surface area (Å²) in [6, 6.07) is 0. The molecule has 8 heteroatoms. The molecule has 0 saturated heterocycles. The van der Waals surface area contributed by atoms with Gasteiger partial charge >= 0.3 is 17.9 Å². The van der Waals surface area contributed by atoms with Gasteiger partial charge in [0.2, 0.25) is 0 Å². The number of aliphatic hydroxyl groups is 1. The Kier molecular flexibility index (Phi) is 15.7. The monoisotopic (exact) mass is 486 g/mol. The summed E-state index contributed by atoms with van der Waals surface area (Å²) < 4.78 is 0. The van der Waals surface area contributed by atoms with Crippen molar-refractivity contribution in [3.8, 4) is 0 Å². The summed E-state index contributed by atoms with van der Waals surface area (Å²) >= 11 is 0. The molecule has 0 amide bonds. The number of unbranched alkanes of at least 4 members (excludes halogenated alkanes) is 9. The van der Waals surface area contributed by atoms with Crippen LogP contribution in [0.2, 0.25) is 0 Å². The van der Waals surface area contributed by atoms with Crippen molar-refractivity contribution >= 4 is 23.7 Å². The Morgan fingerprint density at radius 1 is 0.647 bits per heavy atom. The molecule has 2 atom stereocenters. The smallest absolute Gasteiger partial charge is 0.337 e. The van der Waals surface area contributed by atoms with Crippen molar-refractivity contribution in [2.24, 2.45) is 11.3 Å². The Bertz CT molecular complexity index is 613. The third-order valence-corrected chi connectivity index (χ3v) is 6.83. The average molecular weight is 487 g/mol. The van der Waals surface area contributed by atoms with Crippen molar-refractivity contribution in [2.75, 3.05) is 0 Å². The third kappa shape index (κ3) is 10.1. The van der Waals surface area contributed by atoms with E-state index in [0.29, 0.717) is 38.5 Å². The number of Topliss-reactive ketones (excluding diaryl/α,β-unsaturated/α-hetero) is 1. The van der Waals surface area contributed by atoms with Crippen LogP contribution in [0.15, 0.2) is 0 Å². The van der Waals surface area contributed by atoms with Crippen LogP contribution in [0, 0.1) is 11.3 Å². The molecule has 0 saturated carbocycles. The number of carboxylic acid groups (broad SMARTS) is 3. The van der Waals surface area contributed by atoms with Gasteiger partial charge in [-0.25, -0.2) is 4.79 Å². The van der Waals surface area contributed by atoms with E-state index in [9.17, 15) is 39.6 Å². The van der Waals surface area contributed by atoms with Gasteiger partial charge < -0.3 is 20.4 Å². The van der Waals surface area contributed by atoms with Gasteiger partial charge in [0.1, 0.15) is 0 Å². The fourth-order valence-corrected chi connectivity index (χ4v) is 4.79. The lowest BCUT2D eigenvalue weighted by atomic mass is 9.64. The minimum atomic E-state index is -3.21. The van der Waals surface area contributed by atoms with Crippen molar-refractivity contribution in [3.05, 3.63) is 0 Å². The second-order valence-corrected chi connectivity index (χ2v) is 9.65. The molecule has 0 aromatic carbocycles. The minimum absolute atomic E-state index is 0.413. The quantitative estimate of drug-likeness (QED) is 0.117. The van der Waals surface area contributed by atoms with E-state index in [1.54, 1.807) is 0 Å². The first-order valence-electron chi connectivity index (χ1n) is 13.0. The van der Waals surface area contributed by atoms with Gasteiger partial charge in [0.25, 0.3) is 0 Å². The molecule has 0 fully saturated rings. The first-order chi connectivity index (χ1) is 16.0. The van der Waals surface area contributed by atoms with Gasteiger partial charge in [-0.1, -0.05) is 97.8 Å². The van der Waals surface area contributed by atoms with Crippen LogP contribution >= 0.6 is 0 Å². The maximum atomic E-state index is 13.9. The van der Waals surface area contributed by atoms with Gasteiger partial charge in [-0.2, -0.15) is 0 Å². The standard InChI is InChI=1S/C26H46O8/c1-4-7-10-13-16-25(17-14-11-8-5-2,18-15-12-9-6-3)22(29)21(23(30)31)26(34,24(32)33)19-20(27)28/h21,34H,4-19H2,1-3H3,(H,27,28)(H,30,31)(H,32,33). The number of ketones is 1. The summed E-state index contributed by atoms with van der Waals surface area (Å²) in [4.78, 5) is 49.4. The van der Waals surface area contributed by atoms with Crippen molar-refractivity contribution in [1.82, 2.24) is 0 Å². The second kappa shape index (κ2) is 16.6. The molecule has 2 unspecified atom stereocenters. The van der Waals surface area contributed by atoms with E-state index in [0.717, 1.165) is 57.8 Å². The predicted molar refractivity (Wildman–Crippen MR) is 130 cm³/mol. The lowest BCUT2D eigenvalue weighted by molar-refractivity contribution is -0.183. The summed E-state index contributed by atoms with van der Waals surface area (Å²) in [5, 5.41) is 39.5. The molecule has 0 aliphatic rings. The minimum Gasteiger partial charge on any atom is -0.481 e. The van der Waals surface area contributed by atoms with Crippen LogP contribution in [0.3, 0.4) is 0 Å². The number of carboxylic acids is 3. The Labute approximate surface area is 204 Å². The van der Waals surface area contributed by atoms with Crippen LogP contribution in [0.1, 0.15) is 124 Å². The van der Waals surface area contributed by atoms with Gasteiger partial charge in [0, 0.05) is 5.41 Å². The summed E-state index contributed by atoms with van der Waals surface area (Å²) in [6.45, 7) is 6.19. The average Bonchev–Trinajstić information content (AvgIpc) is 2.75. The molecular weight excluding hydrogens is 440 g/mol. The molecule has 198 valence electrons. The number of carbonyl (C=O) groups is 4. The van der Waals surface area contributed by atoms with Gasteiger partial charge in [-0.15, -0.1) is 0 Å². The highest BCUT2D eigenvalue weighted by Gasteiger charge is 2.57. The number of rotatable bonds is 22. The van der Waals surface area contributed by atoms with Crippen LogP contribution in [-0.4, -0.2) is 49.7 Å². The molecule has 0 aliphatic heterocycles. The van der Waals surface area contributed by atoms with Gasteiger partial charge in [-0.05, 0) is 19.3 Å². The van der Waals surface area contributed by atoms with Gasteiger partial charge in [0.15, 0.2) is 17.3 Å².